The molecule has 0 saturated carbocycles. The standard InChI is InChI=1S/C28H23F2NO3/c1-28(2,3)18-8-6-17(7-9-18)24-23-25(32)21-14-20(30)12-13-22(21)34-26(23)27(33)31(24)15-16-4-10-19(29)11-5-16/h4-14,24H,15H2,1-3H3. The maximum absolute atomic E-state index is 13.9. The summed E-state index contributed by atoms with van der Waals surface area (Å²) in [6.07, 6.45) is 0. The Morgan fingerprint density at radius 1 is 0.882 bits per heavy atom. The predicted octanol–water partition coefficient (Wildman–Crippen LogP) is 6.11. The highest BCUT2D eigenvalue weighted by Gasteiger charge is 2.42. The van der Waals surface area contributed by atoms with Gasteiger partial charge in [0.15, 0.2) is 5.43 Å². The van der Waals surface area contributed by atoms with Gasteiger partial charge in [0.05, 0.1) is 17.0 Å². The minimum Gasteiger partial charge on any atom is -0.450 e. The van der Waals surface area contributed by atoms with Gasteiger partial charge in [0.25, 0.3) is 5.91 Å². The average Bonchev–Trinajstić information content (AvgIpc) is 3.07. The number of carbonyl (C=O) groups is 1. The lowest BCUT2D eigenvalue weighted by molar-refractivity contribution is 0.0714. The first-order valence-electron chi connectivity index (χ1n) is 11.1. The van der Waals surface area contributed by atoms with Crippen molar-refractivity contribution < 1.29 is 18.0 Å². The lowest BCUT2D eigenvalue weighted by Gasteiger charge is -2.26. The van der Waals surface area contributed by atoms with Gasteiger partial charge in [0.2, 0.25) is 5.76 Å². The van der Waals surface area contributed by atoms with Crippen molar-refractivity contribution in [2.45, 2.75) is 38.8 Å². The van der Waals surface area contributed by atoms with Crippen LogP contribution in [-0.4, -0.2) is 10.8 Å². The van der Waals surface area contributed by atoms with E-state index in [1.807, 2.05) is 24.3 Å². The summed E-state index contributed by atoms with van der Waals surface area (Å²) in [4.78, 5) is 28.5. The Morgan fingerprint density at radius 3 is 2.18 bits per heavy atom. The molecule has 1 amide bonds. The molecule has 0 N–H and O–H groups in total. The molecule has 0 bridgehead atoms. The van der Waals surface area contributed by atoms with Gasteiger partial charge < -0.3 is 9.32 Å². The molecule has 0 aliphatic carbocycles. The van der Waals surface area contributed by atoms with Crippen LogP contribution >= 0.6 is 0 Å². The lowest BCUT2D eigenvalue weighted by atomic mass is 9.86. The summed E-state index contributed by atoms with van der Waals surface area (Å²) in [6.45, 7) is 6.46. The van der Waals surface area contributed by atoms with Gasteiger partial charge in [-0.25, -0.2) is 8.78 Å². The molecule has 172 valence electrons. The van der Waals surface area contributed by atoms with Crippen molar-refractivity contribution in [3.63, 3.8) is 0 Å². The molecule has 34 heavy (non-hydrogen) atoms. The summed E-state index contributed by atoms with van der Waals surface area (Å²) in [5, 5.41) is 0.0893. The quantitative estimate of drug-likeness (QED) is 0.371. The van der Waals surface area contributed by atoms with Crippen LogP contribution < -0.4 is 5.43 Å². The molecule has 1 aromatic heterocycles. The van der Waals surface area contributed by atoms with E-state index in [0.717, 1.165) is 17.2 Å². The van der Waals surface area contributed by atoms with Crippen LogP contribution in [0.15, 0.2) is 75.9 Å². The van der Waals surface area contributed by atoms with Gasteiger partial charge in [-0.15, -0.1) is 0 Å². The Labute approximate surface area is 195 Å². The van der Waals surface area contributed by atoms with Gasteiger partial charge in [0.1, 0.15) is 17.2 Å². The zero-order chi connectivity index (χ0) is 24.2. The third-order valence-corrected chi connectivity index (χ3v) is 6.29. The van der Waals surface area contributed by atoms with E-state index in [2.05, 4.69) is 20.8 Å². The Balaban J connectivity index is 1.69. The van der Waals surface area contributed by atoms with Gasteiger partial charge in [-0.3, -0.25) is 9.59 Å². The van der Waals surface area contributed by atoms with Crippen molar-refractivity contribution >= 4 is 16.9 Å². The van der Waals surface area contributed by atoms with E-state index in [4.69, 9.17) is 4.42 Å². The summed E-state index contributed by atoms with van der Waals surface area (Å²) in [5.74, 6) is -1.42. The van der Waals surface area contributed by atoms with E-state index in [-0.39, 0.29) is 40.1 Å². The Kier molecular flexibility index (Phi) is 5.12. The number of halogens is 2. The molecule has 0 fully saturated rings. The van der Waals surface area contributed by atoms with Crippen LogP contribution in [0.5, 0.6) is 0 Å². The highest BCUT2D eigenvalue weighted by Crippen LogP contribution is 2.39. The highest BCUT2D eigenvalue weighted by molar-refractivity contribution is 5.99. The number of nitrogens with zero attached hydrogens (tertiary/aromatic N) is 1. The summed E-state index contributed by atoms with van der Waals surface area (Å²) in [6, 6.07) is 16.6. The van der Waals surface area contributed by atoms with Crippen LogP contribution in [0.3, 0.4) is 0 Å². The number of benzene rings is 3. The number of hydrogen-bond acceptors (Lipinski definition) is 3. The van der Waals surface area contributed by atoms with Crippen LogP contribution in [0.1, 0.15) is 59.6 Å². The second-order valence-electron chi connectivity index (χ2n) is 9.65. The molecule has 1 aliphatic heterocycles. The first-order chi connectivity index (χ1) is 16.1. The number of rotatable bonds is 3. The van der Waals surface area contributed by atoms with Crippen LogP contribution in [-0.2, 0) is 12.0 Å². The number of carbonyl (C=O) groups excluding carboxylic acids is 1. The number of fused-ring (bicyclic) bond motifs is 2. The molecule has 0 saturated heterocycles. The molecule has 0 radical (unpaired) electrons. The van der Waals surface area contributed by atoms with E-state index >= 15 is 0 Å². The monoisotopic (exact) mass is 459 g/mol. The fourth-order valence-corrected chi connectivity index (χ4v) is 4.45. The van der Waals surface area contributed by atoms with Crippen molar-refractivity contribution in [2.75, 3.05) is 0 Å². The Hall–Kier alpha value is -3.80. The SMILES string of the molecule is CC(C)(C)c1ccc(C2c3c(oc4ccc(F)cc4c3=O)C(=O)N2Cc2ccc(F)cc2)cc1. The second kappa shape index (κ2) is 7.90. The first kappa shape index (κ1) is 22.0. The topological polar surface area (TPSA) is 50.5 Å². The van der Waals surface area contributed by atoms with E-state index < -0.39 is 23.2 Å². The highest BCUT2D eigenvalue weighted by atomic mass is 19.1. The van der Waals surface area contributed by atoms with Crippen molar-refractivity contribution in [2.24, 2.45) is 0 Å². The molecule has 5 rings (SSSR count). The van der Waals surface area contributed by atoms with Gasteiger partial charge in [-0.05, 0) is 52.4 Å². The van der Waals surface area contributed by atoms with Crippen molar-refractivity contribution in [3.8, 4) is 0 Å². The molecule has 1 atom stereocenters. The average molecular weight is 459 g/mol. The molecule has 0 spiro atoms. The smallest absolute Gasteiger partial charge is 0.291 e. The molecule has 2 heterocycles. The van der Waals surface area contributed by atoms with Crippen LogP contribution in [0.25, 0.3) is 11.0 Å². The van der Waals surface area contributed by atoms with Gasteiger partial charge >= 0.3 is 0 Å². The molecular weight excluding hydrogens is 436 g/mol. The number of hydrogen-bond donors (Lipinski definition) is 0. The lowest BCUT2D eigenvalue weighted by Crippen LogP contribution is -2.29. The van der Waals surface area contributed by atoms with Gasteiger partial charge in [-0.2, -0.15) is 0 Å². The summed E-state index contributed by atoms with van der Waals surface area (Å²) >= 11 is 0. The minimum atomic E-state index is -0.717. The molecular formula is C28H23F2NO3. The zero-order valence-corrected chi connectivity index (χ0v) is 19.1. The molecule has 1 unspecified atom stereocenters. The Morgan fingerprint density at radius 2 is 1.53 bits per heavy atom. The third-order valence-electron chi connectivity index (χ3n) is 6.29. The van der Waals surface area contributed by atoms with Gasteiger partial charge in [-0.1, -0.05) is 57.2 Å². The van der Waals surface area contributed by atoms with Crippen molar-refractivity contribution in [1.82, 2.24) is 4.90 Å². The molecule has 4 aromatic rings. The first-order valence-corrected chi connectivity index (χ1v) is 11.1. The third kappa shape index (κ3) is 3.69. The maximum atomic E-state index is 13.9. The van der Waals surface area contributed by atoms with E-state index in [0.29, 0.717) is 5.56 Å². The fourth-order valence-electron chi connectivity index (χ4n) is 4.45. The molecule has 6 heteroatoms. The van der Waals surface area contributed by atoms with E-state index in [1.165, 1.54) is 24.3 Å². The summed E-state index contributed by atoms with van der Waals surface area (Å²) in [7, 11) is 0. The largest absolute Gasteiger partial charge is 0.450 e. The van der Waals surface area contributed by atoms with E-state index in [1.54, 1.807) is 17.0 Å². The summed E-state index contributed by atoms with van der Waals surface area (Å²) < 4.78 is 33.2. The second-order valence-corrected chi connectivity index (χ2v) is 9.65. The molecule has 3 aromatic carbocycles. The minimum absolute atomic E-state index is 0.0453. The Bertz CT molecular complexity index is 1470. The van der Waals surface area contributed by atoms with Crippen LogP contribution in [0.4, 0.5) is 8.78 Å². The number of amides is 1. The zero-order valence-electron chi connectivity index (χ0n) is 19.1. The van der Waals surface area contributed by atoms with Gasteiger partial charge in [0, 0.05) is 6.54 Å². The van der Waals surface area contributed by atoms with Crippen LogP contribution in [0.2, 0.25) is 0 Å². The van der Waals surface area contributed by atoms with Crippen molar-refractivity contribution in [1.29, 1.82) is 0 Å². The molecule has 1 aliphatic rings. The molecule has 4 nitrogen and oxygen atoms in total. The van der Waals surface area contributed by atoms with Crippen molar-refractivity contribution in [3.05, 3.63) is 117 Å². The maximum Gasteiger partial charge on any atom is 0.291 e. The summed E-state index contributed by atoms with van der Waals surface area (Å²) in [5.41, 5.74) is 2.40. The predicted molar refractivity (Wildman–Crippen MR) is 126 cm³/mol. The van der Waals surface area contributed by atoms with Crippen LogP contribution in [0, 0.1) is 11.6 Å². The van der Waals surface area contributed by atoms with E-state index in [9.17, 15) is 18.4 Å². The normalized spacial score (nSPS) is 15.7. The fraction of sp³-hybridized carbons (Fsp3) is 0.214.